The fourth-order valence-corrected chi connectivity index (χ4v) is 3.42. The van der Waals surface area contributed by atoms with Crippen LogP contribution in [0.4, 0.5) is 0 Å². The second-order valence-corrected chi connectivity index (χ2v) is 8.45. The number of piperidine rings is 1. The van der Waals surface area contributed by atoms with Crippen molar-refractivity contribution < 1.29 is 18.0 Å². The molecule has 1 heterocycles. The molecule has 1 fully saturated rings. The summed E-state index contributed by atoms with van der Waals surface area (Å²) in [6.07, 6.45) is 2.76. The molecule has 1 saturated heterocycles. The first-order valence-corrected chi connectivity index (χ1v) is 9.38. The van der Waals surface area contributed by atoms with Crippen molar-refractivity contribution in [1.29, 1.82) is 0 Å². The summed E-state index contributed by atoms with van der Waals surface area (Å²) in [4.78, 5) is 25.9. The van der Waals surface area contributed by atoms with Gasteiger partial charge in [0.25, 0.3) is 0 Å². The summed E-state index contributed by atoms with van der Waals surface area (Å²) >= 11 is 0. The molecule has 0 radical (unpaired) electrons. The van der Waals surface area contributed by atoms with Crippen molar-refractivity contribution in [3.05, 3.63) is 29.8 Å². The zero-order valence-corrected chi connectivity index (χ0v) is 14.2. The van der Waals surface area contributed by atoms with Crippen molar-refractivity contribution in [3.63, 3.8) is 0 Å². The van der Waals surface area contributed by atoms with E-state index in [1.54, 1.807) is 24.0 Å². The molecule has 1 atom stereocenters. The van der Waals surface area contributed by atoms with Crippen LogP contribution in [0.2, 0.25) is 0 Å². The number of carbonyl (C=O) groups is 2. The van der Waals surface area contributed by atoms with Gasteiger partial charge in [0.05, 0.1) is 16.7 Å². The minimum Gasteiger partial charge on any atom is -0.369 e. The first-order valence-electron chi connectivity index (χ1n) is 7.48. The molecule has 6 nitrogen and oxygen atoms in total. The van der Waals surface area contributed by atoms with E-state index in [4.69, 9.17) is 5.73 Å². The minimum absolute atomic E-state index is 0.0794. The average molecular weight is 338 g/mol. The third-order valence-corrected chi connectivity index (χ3v) is 5.48. The number of carbonyl (C=O) groups excluding carboxylic acids is 2. The fourth-order valence-electron chi connectivity index (χ4n) is 2.79. The first kappa shape index (κ1) is 17.5. The van der Waals surface area contributed by atoms with Crippen molar-refractivity contribution in [1.82, 2.24) is 4.90 Å². The third kappa shape index (κ3) is 4.10. The molecule has 0 aliphatic carbocycles. The number of nitrogens with zero attached hydrogens (tertiary/aromatic N) is 1. The Morgan fingerprint density at radius 2 is 1.87 bits per heavy atom. The maximum absolute atomic E-state index is 12.4. The van der Waals surface area contributed by atoms with E-state index in [1.165, 1.54) is 12.1 Å². The van der Waals surface area contributed by atoms with Gasteiger partial charge in [0.1, 0.15) is 0 Å². The van der Waals surface area contributed by atoms with Crippen LogP contribution in [-0.2, 0) is 25.8 Å². The minimum atomic E-state index is -3.24. The Morgan fingerprint density at radius 3 is 2.39 bits per heavy atom. The summed E-state index contributed by atoms with van der Waals surface area (Å²) in [6, 6.07) is 6.29. The van der Waals surface area contributed by atoms with Gasteiger partial charge in [-0.05, 0) is 37.5 Å². The average Bonchev–Trinajstić information content (AvgIpc) is 2.46. The fraction of sp³-hybridized carbons (Fsp3) is 0.500. The van der Waals surface area contributed by atoms with E-state index in [0.717, 1.165) is 18.2 Å². The molecule has 7 heteroatoms. The van der Waals surface area contributed by atoms with Crippen LogP contribution in [0.3, 0.4) is 0 Å². The van der Waals surface area contributed by atoms with Crippen molar-refractivity contribution in [2.24, 2.45) is 11.1 Å². The third-order valence-electron chi connectivity index (χ3n) is 4.35. The number of primary amides is 1. The first-order chi connectivity index (χ1) is 10.6. The molecular weight excluding hydrogens is 316 g/mol. The standard InChI is InChI=1S/C16H22N2O4S/c1-16(15(17)20)8-3-9-18(11-16)14(19)10-12-4-6-13(7-5-12)23(2,21)22/h4-7H,3,8-11H2,1-2H3,(H2,17,20). The predicted molar refractivity (Wildman–Crippen MR) is 86.4 cm³/mol. The van der Waals surface area contributed by atoms with Crippen LogP contribution in [-0.4, -0.2) is 44.5 Å². The second-order valence-electron chi connectivity index (χ2n) is 6.44. The van der Waals surface area contributed by atoms with Crippen LogP contribution in [0.5, 0.6) is 0 Å². The Balaban J connectivity index is 2.06. The Labute approximate surface area is 136 Å². The van der Waals surface area contributed by atoms with Crippen LogP contribution < -0.4 is 5.73 Å². The van der Waals surface area contributed by atoms with E-state index in [-0.39, 0.29) is 23.1 Å². The summed E-state index contributed by atoms with van der Waals surface area (Å²) in [7, 11) is -3.24. The molecule has 1 unspecified atom stereocenters. The number of likely N-dealkylation sites (tertiary alicyclic amines) is 1. The van der Waals surface area contributed by atoms with Crippen LogP contribution in [0.25, 0.3) is 0 Å². The maximum atomic E-state index is 12.4. The lowest BCUT2D eigenvalue weighted by molar-refractivity contribution is -0.138. The normalized spacial score (nSPS) is 21.9. The number of sulfone groups is 1. The lowest BCUT2D eigenvalue weighted by atomic mass is 9.81. The quantitative estimate of drug-likeness (QED) is 0.876. The Bertz CT molecular complexity index is 712. The van der Waals surface area contributed by atoms with Crippen molar-refractivity contribution in [2.75, 3.05) is 19.3 Å². The highest BCUT2D eigenvalue weighted by atomic mass is 32.2. The number of nitrogens with two attached hydrogens (primary N) is 1. The summed E-state index contributed by atoms with van der Waals surface area (Å²) < 4.78 is 22.9. The van der Waals surface area contributed by atoms with Gasteiger partial charge in [0.15, 0.2) is 9.84 Å². The molecule has 0 aromatic heterocycles. The van der Waals surface area contributed by atoms with E-state index >= 15 is 0 Å². The van der Waals surface area contributed by atoms with Gasteiger partial charge in [-0.3, -0.25) is 9.59 Å². The van der Waals surface area contributed by atoms with E-state index in [9.17, 15) is 18.0 Å². The molecule has 2 amide bonds. The topological polar surface area (TPSA) is 97.5 Å². The highest BCUT2D eigenvalue weighted by Gasteiger charge is 2.37. The van der Waals surface area contributed by atoms with Crippen molar-refractivity contribution in [2.45, 2.75) is 31.1 Å². The largest absolute Gasteiger partial charge is 0.369 e. The van der Waals surface area contributed by atoms with Crippen LogP contribution in [0, 0.1) is 5.41 Å². The van der Waals surface area contributed by atoms with E-state index in [0.29, 0.717) is 19.5 Å². The smallest absolute Gasteiger partial charge is 0.227 e. The predicted octanol–water partition coefficient (Wildman–Crippen LogP) is 0.747. The molecule has 0 saturated carbocycles. The Morgan fingerprint density at radius 1 is 1.26 bits per heavy atom. The summed E-state index contributed by atoms with van der Waals surface area (Å²) in [5.41, 5.74) is 5.51. The monoisotopic (exact) mass is 338 g/mol. The van der Waals surface area contributed by atoms with E-state index in [1.807, 2.05) is 0 Å². The molecule has 1 aliphatic rings. The van der Waals surface area contributed by atoms with Crippen LogP contribution in [0.15, 0.2) is 29.2 Å². The van der Waals surface area contributed by atoms with Gasteiger partial charge in [0, 0.05) is 19.3 Å². The van der Waals surface area contributed by atoms with E-state index in [2.05, 4.69) is 0 Å². The van der Waals surface area contributed by atoms with Gasteiger partial charge >= 0.3 is 0 Å². The Kier molecular flexibility index (Phi) is 4.79. The molecule has 1 aromatic rings. The van der Waals surface area contributed by atoms with Crippen molar-refractivity contribution >= 4 is 21.7 Å². The van der Waals surface area contributed by atoms with Crippen LogP contribution in [0.1, 0.15) is 25.3 Å². The van der Waals surface area contributed by atoms with E-state index < -0.39 is 15.3 Å². The van der Waals surface area contributed by atoms with Gasteiger partial charge in [-0.2, -0.15) is 0 Å². The molecule has 1 aliphatic heterocycles. The molecule has 0 spiro atoms. The van der Waals surface area contributed by atoms with Gasteiger partial charge in [-0.25, -0.2) is 8.42 Å². The highest BCUT2D eigenvalue weighted by Crippen LogP contribution is 2.29. The zero-order chi connectivity index (χ0) is 17.3. The van der Waals surface area contributed by atoms with Crippen molar-refractivity contribution in [3.8, 4) is 0 Å². The molecule has 126 valence electrons. The summed E-state index contributed by atoms with van der Waals surface area (Å²) in [5.74, 6) is -0.461. The summed E-state index contributed by atoms with van der Waals surface area (Å²) in [6.45, 7) is 2.74. The van der Waals surface area contributed by atoms with Gasteiger partial charge in [-0.1, -0.05) is 12.1 Å². The van der Waals surface area contributed by atoms with Gasteiger partial charge in [0.2, 0.25) is 11.8 Å². The second kappa shape index (κ2) is 6.31. The molecule has 2 rings (SSSR count). The van der Waals surface area contributed by atoms with Crippen LogP contribution >= 0.6 is 0 Å². The summed E-state index contributed by atoms with van der Waals surface area (Å²) in [5, 5.41) is 0. The van der Waals surface area contributed by atoms with Gasteiger partial charge in [-0.15, -0.1) is 0 Å². The Hall–Kier alpha value is -1.89. The number of hydrogen-bond acceptors (Lipinski definition) is 4. The lowest BCUT2D eigenvalue weighted by Gasteiger charge is -2.38. The molecule has 1 aromatic carbocycles. The number of amides is 2. The molecular formula is C16H22N2O4S. The molecule has 0 bridgehead atoms. The van der Waals surface area contributed by atoms with Gasteiger partial charge < -0.3 is 10.6 Å². The lowest BCUT2D eigenvalue weighted by Crippen LogP contribution is -2.50. The molecule has 2 N–H and O–H groups in total. The number of hydrogen-bond donors (Lipinski definition) is 1. The zero-order valence-electron chi connectivity index (χ0n) is 13.4. The number of rotatable bonds is 4. The number of benzene rings is 1. The maximum Gasteiger partial charge on any atom is 0.227 e. The SMILES string of the molecule is CC1(C(N)=O)CCCN(C(=O)Cc2ccc(S(C)(=O)=O)cc2)C1. The molecule has 23 heavy (non-hydrogen) atoms. The highest BCUT2D eigenvalue weighted by molar-refractivity contribution is 7.90.